The van der Waals surface area contributed by atoms with E-state index in [0.717, 1.165) is 21.6 Å². The molecule has 0 aliphatic heterocycles. The number of hydrogen-bond donors (Lipinski definition) is 1. The third-order valence-electron chi connectivity index (χ3n) is 3.36. The van der Waals surface area contributed by atoms with E-state index in [-0.39, 0.29) is 5.56 Å². The van der Waals surface area contributed by atoms with E-state index in [2.05, 4.69) is 10.1 Å². The van der Waals surface area contributed by atoms with Gasteiger partial charge < -0.3 is 14.1 Å². The topological polar surface area (TPSA) is 63.8 Å². The van der Waals surface area contributed by atoms with Crippen LogP contribution in [0.5, 0.6) is 0 Å². The monoisotopic (exact) mass is 331 g/mol. The Hall–Kier alpha value is -2.31. The molecule has 0 aliphatic rings. The predicted molar refractivity (Wildman–Crippen MR) is 86.5 cm³/mol. The van der Waals surface area contributed by atoms with Crippen molar-refractivity contribution in [3.05, 3.63) is 63.0 Å². The van der Waals surface area contributed by atoms with Crippen LogP contribution < -0.4 is 5.56 Å². The summed E-state index contributed by atoms with van der Waals surface area (Å²) >= 11 is 7.39. The van der Waals surface area contributed by atoms with Gasteiger partial charge in [0.1, 0.15) is 5.69 Å². The Morgan fingerprint density at radius 3 is 3.00 bits per heavy atom. The van der Waals surface area contributed by atoms with Crippen LogP contribution in [0.1, 0.15) is 5.69 Å². The molecule has 0 aromatic carbocycles. The number of aromatic nitrogens is 3. The minimum Gasteiger partial charge on any atom is -0.355 e. The number of thiophene rings is 1. The van der Waals surface area contributed by atoms with Gasteiger partial charge in [-0.1, -0.05) is 16.8 Å². The SMILES string of the molecule is O=c1ccc2c(ccn2Cc2cc(-c3ccc(Cl)s3)on2)[nH]1. The summed E-state index contributed by atoms with van der Waals surface area (Å²) in [6.45, 7) is 0.568. The standard InChI is InChI=1S/C15H10ClN3O2S/c16-14-3-2-13(22-14)12-7-9(18-21-12)8-19-6-5-10-11(19)1-4-15(20)17-10/h1-7H,8H2,(H,17,20). The van der Waals surface area contributed by atoms with Crippen molar-refractivity contribution in [2.24, 2.45) is 0 Å². The zero-order chi connectivity index (χ0) is 15.1. The average Bonchev–Trinajstić information content (AvgIpc) is 3.20. The van der Waals surface area contributed by atoms with Crippen LogP contribution in [-0.2, 0) is 6.54 Å². The lowest BCUT2D eigenvalue weighted by atomic mass is 10.3. The van der Waals surface area contributed by atoms with Crippen LogP contribution in [0, 0.1) is 0 Å². The molecule has 1 N–H and O–H groups in total. The molecule has 0 aliphatic carbocycles. The third-order valence-corrected chi connectivity index (χ3v) is 4.61. The van der Waals surface area contributed by atoms with E-state index in [9.17, 15) is 4.79 Å². The van der Waals surface area contributed by atoms with Crippen molar-refractivity contribution in [3.8, 4) is 10.6 Å². The highest BCUT2D eigenvalue weighted by molar-refractivity contribution is 7.19. The fourth-order valence-electron chi connectivity index (χ4n) is 2.37. The first kappa shape index (κ1) is 13.4. The van der Waals surface area contributed by atoms with Gasteiger partial charge in [-0.25, -0.2) is 0 Å². The van der Waals surface area contributed by atoms with Crippen LogP contribution in [0.3, 0.4) is 0 Å². The van der Waals surface area contributed by atoms with Crippen molar-refractivity contribution in [3.63, 3.8) is 0 Å². The summed E-state index contributed by atoms with van der Waals surface area (Å²) in [6, 6.07) is 10.8. The summed E-state index contributed by atoms with van der Waals surface area (Å²) in [5, 5.41) is 4.10. The molecule has 0 unspecified atom stereocenters. The molecule has 110 valence electrons. The summed E-state index contributed by atoms with van der Waals surface area (Å²) in [5.74, 6) is 0.705. The molecule has 5 nitrogen and oxygen atoms in total. The molecule has 0 fully saturated rings. The molecule has 0 saturated heterocycles. The molecule has 0 amide bonds. The van der Waals surface area contributed by atoms with Crippen LogP contribution >= 0.6 is 22.9 Å². The number of hydrogen-bond acceptors (Lipinski definition) is 4. The first-order valence-corrected chi connectivity index (χ1v) is 7.78. The third kappa shape index (κ3) is 2.36. The second-order valence-corrected chi connectivity index (χ2v) is 6.57. The van der Waals surface area contributed by atoms with Gasteiger partial charge in [-0.2, -0.15) is 0 Å². The predicted octanol–water partition coefficient (Wildman–Crippen LogP) is 3.75. The van der Waals surface area contributed by atoms with Crippen LogP contribution in [0.4, 0.5) is 0 Å². The van der Waals surface area contributed by atoms with Gasteiger partial charge in [-0.05, 0) is 24.3 Å². The highest BCUT2D eigenvalue weighted by Gasteiger charge is 2.10. The van der Waals surface area contributed by atoms with Gasteiger partial charge in [0, 0.05) is 18.3 Å². The lowest BCUT2D eigenvalue weighted by Gasteiger charge is -2.01. The van der Waals surface area contributed by atoms with Gasteiger partial charge in [0.25, 0.3) is 0 Å². The molecule has 4 heterocycles. The molecule has 4 rings (SSSR count). The summed E-state index contributed by atoms with van der Waals surface area (Å²) in [7, 11) is 0. The molecule has 22 heavy (non-hydrogen) atoms. The number of fused-ring (bicyclic) bond motifs is 1. The lowest BCUT2D eigenvalue weighted by Crippen LogP contribution is -2.03. The largest absolute Gasteiger partial charge is 0.355 e. The molecule has 0 atom stereocenters. The van der Waals surface area contributed by atoms with Gasteiger partial charge in [0.05, 0.1) is 26.8 Å². The van der Waals surface area contributed by atoms with E-state index < -0.39 is 0 Å². The van der Waals surface area contributed by atoms with Crippen molar-refractivity contribution in [2.45, 2.75) is 6.54 Å². The Labute approximate surface area is 133 Å². The number of pyridine rings is 1. The Balaban J connectivity index is 1.65. The van der Waals surface area contributed by atoms with Crippen LogP contribution in [0.25, 0.3) is 21.7 Å². The number of nitrogens with one attached hydrogen (secondary N) is 1. The van der Waals surface area contributed by atoms with Crippen LogP contribution in [0.2, 0.25) is 4.34 Å². The molecule has 0 radical (unpaired) electrons. The number of aromatic amines is 1. The average molecular weight is 332 g/mol. The number of halogens is 1. The zero-order valence-corrected chi connectivity index (χ0v) is 12.8. The summed E-state index contributed by atoms with van der Waals surface area (Å²) < 4.78 is 8.10. The molecule has 0 saturated carbocycles. The van der Waals surface area contributed by atoms with Gasteiger partial charge in [-0.3, -0.25) is 4.79 Å². The molecule has 0 bridgehead atoms. The lowest BCUT2D eigenvalue weighted by molar-refractivity contribution is 0.422. The first-order chi connectivity index (χ1) is 10.7. The Morgan fingerprint density at radius 1 is 1.27 bits per heavy atom. The van der Waals surface area contributed by atoms with Crippen molar-refractivity contribution in [2.75, 3.05) is 0 Å². The molecule has 0 spiro atoms. The first-order valence-electron chi connectivity index (χ1n) is 6.58. The maximum atomic E-state index is 11.3. The van der Waals surface area contributed by atoms with Crippen molar-refractivity contribution in [1.29, 1.82) is 0 Å². The number of nitrogens with zero attached hydrogens (tertiary/aromatic N) is 2. The maximum absolute atomic E-state index is 11.3. The maximum Gasteiger partial charge on any atom is 0.248 e. The minimum absolute atomic E-state index is 0.108. The number of rotatable bonds is 3. The Bertz CT molecular complexity index is 1010. The minimum atomic E-state index is -0.108. The second-order valence-electron chi connectivity index (χ2n) is 4.85. The highest BCUT2D eigenvalue weighted by Crippen LogP contribution is 2.31. The van der Waals surface area contributed by atoms with E-state index in [4.69, 9.17) is 16.1 Å². The van der Waals surface area contributed by atoms with Gasteiger partial charge >= 0.3 is 0 Å². The van der Waals surface area contributed by atoms with E-state index >= 15 is 0 Å². The highest BCUT2D eigenvalue weighted by atomic mass is 35.5. The van der Waals surface area contributed by atoms with Crippen molar-refractivity contribution >= 4 is 34.0 Å². The van der Waals surface area contributed by atoms with Gasteiger partial charge in [0.2, 0.25) is 5.56 Å². The summed E-state index contributed by atoms with van der Waals surface area (Å²) in [6.07, 6.45) is 1.91. The molecule has 7 heteroatoms. The van der Waals surface area contributed by atoms with Gasteiger partial charge in [0.15, 0.2) is 5.76 Å². The van der Waals surface area contributed by atoms with E-state index in [1.807, 2.05) is 35.0 Å². The summed E-state index contributed by atoms with van der Waals surface area (Å²) in [4.78, 5) is 15.1. The van der Waals surface area contributed by atoms with Gasteiger partial charge in [-0.15, -0.1) is 11.3 Å². The second kappa shape index (κ2) is 5.15. The molecular weight excluding hydrogens is 322 g/mol. The smallest absolute Gasteiger partial charge is 0.248 e. The zero-order valence-electron chi connectivity index (χ0n) is 11.2. The summed E-state index contributed by atoms with van der Waals surface area (Å²) in [5.41, 5.74) is 2.45. The van der Waals surface area contributed by atoms with E-state index in [0.29, 0.717) is 16.6 Å². The Morgan fingerprint density at radius 2 is 2.18 bits per heavy atom. The van der Waals surface area contributed by atoms with Crippen LogP contribution in [0.15, 0.2) is 51.9 Å². The van der Waals surface area contributed by atoms with Crippen molar-refractivity contribution < 1.29 is 4.52 Å². The normalized spacial score (nSPS) is 11.3. The fourth-order valence-corrected chi connectivity index (χ4v) is 3.36. The quantitative estimate of drug-likeness (QED) is 0.622. The van der Waals surface area contributed by atoms with E-state index in [1.165, 1.54) is 17.4 Å². The molecule has 4 aromatic rings. The molecular formula is C15H10ClN3O2S. The fraction of sp³-hybridized carbons (Fsp3) is 0.0667. The molecule has 4 aromatic heterocycles. The van der Waals surface area contributed by atoms with Crippen molar-refractivity contribution in [1.82, 2.24) is 14.7 Å². The van der Waals surface area contributed by atoms with E-state index in [1.54, 1.807) is 6.07 Å². The number of H-pyrrole nitrogens is 1. The van der Waals surface area contributed by atoms with Crippen LogP contribution in [-0.4, -0.2) is 14.7 Å². The Kier molecular flexibility index (Phi) is 3.13.